The van der Waals surface area contributed by atoms with Crippen LogP contribution in [0.5, 0.6) is 0 Å². The second-order valence-electron chi connectivity index (χ2n) is 10.5. The Bertz CT molecular complexity index is 633. The fourth-order valence-corrected chi connectivity index (χ4v) is 6.27. The molecule has 0 spiro atoms. The minimum Gasteiger partial charge on any atom is -0.458 e. The van der Waals surface area contributed by atoms with E-state index >= 15 is 0 Å². The molecule has 5 heteroatoms. The molecule has 3 atom stereocenters. The second-order valence-corrected chi connectivity index (χ2v) is 10.5. The van der Waals surface area contributed by atoms with Gasteiger partial charge in [0.25, 0.3) is 0 Å². The first-order chi connectivity index (χ1) is 12.3. The predicted octanol–water partition coefficient (Wildman–Crippen LogP) is 3.78. The number of esters is 2. The number of ether oxygens (including phenoxy) is 2. The fourth-order valence-electron chi connectivity index (χ4n) is 6.27. The Morgan fingerprint density at radius 2 is 1.70 bits per heavy atom. The molecule has 0 amide bonds. The highest BCUT2D eigenvalue weighted by Gasteiger charge is 2.64. The molecule has 4 bridgehead atoms. The first-order valence-corrected chi connectivity index (χ1v) is 10.1. The van der Waals surface area contributed by atoms with Crippen molar-refractivity contribution in [2.45, 2.75) is 89.9 Å². The molecule has 0 aromatic rings. The van der Waals surface area contributed by atoms with Gasteiger partial charge in [-0.2, -0.15) is 0 Å². The largest absolute Gasteiger partial charge is 0.458 e. The van der Waals surface area contributed by atoms with Crippen LogP contribution < -0.4 is 0 Å². The zero-order valence-corrected chi connectivity index (χ0v) is 17.3. The van der Waals surface area contributed by atoms with Crippen molar-refractivity contribution in [3.63, 3.8) is 0 Å². The Hall–Kier alpha value is -1.36. The van der Waals surface area contributed by atoms with Gasteiger partial charge in [0.05, 0.1) is 11.0 Å². The summed E-state index contributed by atoms with van der Waals surface area (Å²) in [5, 5.41) is 11.1. The molecular formula is C22H34O5. The molecule has 4 fully saturated rings. The highest BCUT2D eigenvalue weighted by Crippen LogP contribution is 2.61. The predicted molar refractivity (Wildman–Crippen MR) is 102 cm³/mol. The van der Waals surface area contributed by atoms with Crippen molar-refractivity contribution in [3.8, 4) is 0 Å². The monoisotopic (exact) mass is 378 g/mol. The highest BCUT2D eigenvalue weighted by molar-refractivity contribution is 5.81. The Morgan fingerprint density at radius 1 is 1.15 bits per heavy atom. The van der Waals surface area contributed by atoms with Crippen LogP contribution in [0.2, 0.25) is 0 Å². The van der Waals surface area contributed by atoms with E-state index in [1.165, 1.54) is 0 Å². The molecule has 4 aliphatic carbocycles. The number of carbonyl (C=O) groups excluding carboxylic acids is 2. The minimum absolute atomic E-state index is 0.0517. The Morgan fingerprint density at radius 3 is 2.22 bits per heavy atom. The van der Waals surface area contributed by atoms with Gasteiger partial charge in [0.15, 0.2) is 0 Å². The van der Waals surface area contributed by atoms with E-state index in [2.05, 4.69) is 6.58 Å². The third kappa shape index (κ3) is 3.67. The van der Waals surface area contributed by atoms with Crippen LogP contribution in [0.25, 0.3) is 0 Å². The molecule has 4 rings (SSSR count). The maximum atomic E-state index is 13.2. The fraction of sp³-hybridized carbons (Fsp3) is 0.818. The van der Waals surface area contributed by atoms with Gasteiger partial charge in [-0.1, -0.05) is 13.5 Å². The topological polar surface area (TPSA) is 72.8 Å². The molecule has 4 aliphatic rings. The van der Waals surface area contributed by atoms with Gasteiger partial charge in [-0.15, -0.1) is 0 Å². The number of hydrogen-bond donors (Lipinski definition) is 1. The van der Waals surface area contributed by atoms with E-state index < -0.39 is 28.2 Å². The average Bonchev–Trinajstić information content (AvgIpc) is 2.49. The SMILES string of the molecule is C=CC(=O)OC(C)(C)CC(C)(C)C(=O)OC12CC3CC(CC(O)(C3)C1C)C2. The van der Waals surface area contributed by atoms with Gasteiger partial charge in [0.1, 0.15) is 11.2 Å². The lowest BCUT2D eigenvalue weighted by Crippen LogP contribution is -2.66. The molecular weight excluding hydrogens is 344 g/mol. The lowest BCUT2D eigenvalue weighted by atomic mass is 9.48. The van der Waals surface area contributed by atoms with E-state index in [1.807, 2.05) is 20.8 Å². The van der Waals surface area contributed by atoms with Gasteiger partial charge in [0.2, 0.25) is 0 Å². The molecule has 0 aromatic heterocycles. The van der Waals surface area contributed by atoms with E-state index in [4.69, 9.17) is 9.47 Å². The number of aliphatic hydroxyl groups is 1. The zero-order valence-electron chi connectivity index (χ0n) is 17.3. The van der Waals surface area contributed by atoms with Gasteiger partial charge in [-0.3, -0.25) is 4.79 Å². The van der Waals surface area contributed by atoms with Crippen LogP contribution in [-0.2, 0) is 19.1 Å². The Kier molecular flexibility index (Phi) is 4.78. The van der Waals surface area contributed by atoms with Crippen molar-refractivity contribution >= 4 is 11.9 Å². The molecule has 3 unspecified atom stereocenters. The van der Waals surface area contributed by atoms with Crippen LogP contribution in [0, 0.1) is 23.2 Å². The summed E-state index contributed by atoms with van der Waals surface area (Å²) in [5.41, 5.74) is -2.88. The normalized spacial score (nSPS) is 37.8. The molecule has 0 radical (unpaired) electrons. The first-order valence-electron chi connectivity index (χ1n) is 10.1. The van der Waals surface area contributed by atoms with Crippen molar-refractivity contribution < 1.29 is 24.2 Å². The average molecular weight is 379 g/mol. The zero-order chi connectivity index (χ0) is 20.3. The van der Waals surface area contributed by atoms with Crippen LogP contribution in [0.3, 0.4) is 0 Å². The van der Waals surface area contributed by atoms with Crippen LogP contribution >= 0.6 is 0 Å². The smallest absolute Gasteiger partial charge is 0.330 e. The van der Waals surface area contributed by atoms with Crippen molar-refractivity contribution in [3.05, 3.63) is 12.7 Å². The maximum Gasteiger partial charge on any atom is 0.330 e. The third-order valence-electron chi connectivity index (χ3n) is 7.07. The standard InChI is InChI=1S/C22H34O5/c1-7-17(23)26-20(5,6)13-19(3,4)18(24)27-22-11-15-8-16(12-22)10-21(25,9-15)14(22)2/h7,14-16,25H,1,8-13H2,2-6H3. The Balaban J connectivity index is 1.74. The molecule has 1 N–H and O–H groups in total. The molecule has 0 saturated heterocycles. The van der Waals surface area contributed by atoms with E-state index in [0.29, 0.717) is 18.3 Å². The van der Waals surface area contributed by atoms with Gasteiger partial charge >= 0.3 is 11.9 Å². The summed E-state index contributed by atoms with van der Waals surface area (Å²) in [6.45, 7) is 12.7. The van der Waals surface area contributed by atoms with Gasteiger partial charge in [0, 0.05) is 18.4 Å². The molecule has 152 valence electrons. The van der Waals surface area contributed by atoms with Gasteiger partial charge in [-0.25, -0.2) is 4.79 Å². The van der Waals surface area contributed by atoms with Crippen molar-refractivity contribution in [2.24, 2.45) is 23.2 Å². The minimum atomic E-state index is -0.809. The van der Waals surface area contributed by atoms with E-state index in [0.717, 1.165) is 38.2 Å². The second kappa shape index (κ2) is 6.33. The first kappa shape index (κ1) is 20.4. The molecule has 0 aromatic carbocycles. The van der Waals surface area contributed by atoms with Crippen LogP contribution in [0.1, 0.15) is 73.1 Å². The van der Waals surface area contributed by atoms with Crippen LogP contribution in [0.15, 0.2) is 12.7 Å². The third-order valence-corrected chi connectivity index (χ3v) is 7.07. The summed E-state index contributed by atoms with van der Waals surface area (Å²) < 4.78 is 11.6. The molecule has 5 nitrogen and oxygen atoms in total. The number of carbonyl (C=O) groups is 2. The highest BCUT2D eigenvalue weighted by atomic mass is 16.6. The van der Waals surface area contributed by atoms with E-state index in [9.17, 15) is 14.7 Å². The van der Waals surface area contributed by atoms with E-state index in [1.54, 1.807) is 13.8 Å². The summed E-state index contributed by atoms with van der Waals surface area (Å²) in [6, 6.07) is 0. The van der Waals surface area contributed by atoms with Gasteiger partial charge < -0.3 is 14.6 Å². The molecule has 0 heterocycles. The lowest BCUT2D eigenvalue weighted by Gasteiger charge is -2.63. The van der Waals surface area contributed by atoms with E-state index in [-0.39, 0.29) is 11.9 Å². The lowest BCUT2D eigenvalue weighted by molar-refractivity contribution is -0.256. The molecule has 0 aliphatic heterocycles. The quantitative estimate of drug-likeness (QED) is 0.562. The van der Waals surface area contributed by atoms with Crippen LogP contribution in [0.4, 0.5) is 0 Å². The van der Waals surface area contributed by atoms with Gasteiger partial charge in [-0.05, 0) is 71.6 Å². The van der Waals surface area contributed by atoms with Crippen molar-refractivity contribution in [1.82, 2.24) is 0 Å². The summed E-state index contributed by atoms with van der Waals surface area (Å²) in [5.74, 6) is 0.0621. The van der Waals surface area contributed by atoms with Crippen molar-refractivity contribution in [2.75, 3.05) is 0 Å². The molecule has 27 heavy (non-hydrogen) atoms. The van der Waals surface area contributed by atoms with Crippen molar-refractivity contribution in [1.29, 1.82) is 0 Å². The summed E-state index contributed by atoms with van der Waals surface area (Å²) in [4.78, 5) is 24.7. The molecule has 4 saturated carbocycles. The number of hydrogen-bond acceptors (Lipinski definition) is 5. The summed E-state index contributed by atoms with van der Waals surface area (Å²) in [6.07, 6.45) is 5.98. The number of rotatable bonds is 6. The Labute approximate surface area is 162 Å². The maximum absolute atomic E-state index is 13.2. The van der Waals surface area contributed by atoms with Crippen LogP contribution in [-0.4, -0.2) is 33.8 Å². The summed E-state index contributed by atoms with van der Waals surface area (Å²) in [7, 11) is 0. The summed E-state index contributed by atoms with van der Waals surface area (Å²) >= 11 is 0.